The molecule has 1 aromatic carbocycles. The largest absolute Gasteiger partial charge is 0.396 e. The van der Waals surface area contributed by atoms with Gasteiger partial charge in [-0.15, -0.1) is 0 Å². The molecule has 0 unspecified atom stereocenters. The number of nitrogens with two attached hydrogens (primary N) is 1. The summed E-state index contributed by atoms with van der Waals surface area (Å²) in [6.45, 7) is 1.94. The lowest BCUT2D eigenvalue weighted by atomic mass is 10.3. The molecule has 0 amide bonds. The molecule has 0 bridgehead atoms. The van der Waals surface area contributed by atoms with Crippen LogP contribution in [0.4, 0.5) is 10.1 Å². The van der Waals surface area contributed by atoms with E-state index in [-0.39, 0.29) is 5.82 Å². The lowest BCUT2D eigenvalue weighted by Gasteiger charge is -2.06. The van der Waals surface area contributed by atoms with Gasteiger partial charge in [0.15, 0.2) is 0 Å². The second kappa shape index (κ2) is 4.53. The van der Waals surface area contributed by atoms with Crippen LogP contribution in [0.1, 0.15) is 5.56 Å². The van der Waals surface area contributed by atoms with Gasteiger partial charge in [-0.2, -0.15) is 0 Å². The summed E-state index contributed by atoms with van der Waals surface area (Å²) in [5, 5.41) is 0.756. The number of rotatable bonds is 2. The summed E-state index contributed by atoms with van der Waals surface area (Å²) in [6, 6.07) is 8.14. The van der Waals surface area contributed by atoms with Crippen LogP contribution in [-0.2, 0) is 0 Å². The Balaban J connectivity index is 2.27. The summed E-state index contributed by atoms with van der Waals surface area (Å²) >= 11 is 1.43. The highest BCUT2D eigenvalue weighted by Crippen LogP contribution is 2.31. The molecule has 2 rings (SSSR count). The predicted molar refractivity (Wildman–Crippen MR) is 63.9 cm³/mol. The first kappa shape index (κ1) is 11.0. The molecule has 0 aliphatic rings. The molecule has 0 aliphatic heterocycles. The third-order valence-electron chi connectivity index (χ3n) is 2.20. The average molecular weight is 234 g/mol. The lowest BCUT2D eigenvalue weighted by molar-refractivity contribution is 0.626. The summed E-state index contributed by atoms with van der Waals surface area (Å²) in [5.41, 5.74) is 7.58. The van der Waals surface area contributed by atoms with E-state index >= 15 is 0 Å². The Hall–Kier alpha value is -1.55. The maximum atomic E-state index is 12.7. The first-order valence-electron chi connectivity index (χ1n) is 4.81. The van der Waals surface area contributed by atoms with Crippen molar-refractivity contribution in [3.63, 3.8) is 0 Å². The van der Waals surface area contributed by atoms with E-state index in [1.807, 2.05) is 13.0 Å². The Kier molecular flexibility index (Phi) is 3.10. The quantitative estimate of drug-likeness (QED) is 0.866. The third-order valence-corrected chi connectivity index (χ3v) is 3.23. The van der Waals surface area contributed by atoms with Crippen molar-refractivity contribution in [3.05, 3.63) is 47.9 Å². The van der Waals surface area contributed by atoms with Crippen LogP contribution in [0.5, 0.6) is 0 Å². The van der Waals surface area contributed by atoms with Gasteiger partial charge in [0.2, 0.25) is 0 Å². The predicted octanol–water partition coefficient (Wildman–Crippen LogP) is 3.26. The minimum atomic E-state index is -0.241. The van der Waals surface area contributed by atoms with Crippen molar-refractivity contribution in [2.75, 3.05) is 5.73 Å². The molecule has 0 spiro atoms. The van der Waals surface area contributed by atoms with Crippen molar-refractivity contribution in [1.29, 1.82) is 0 Å². The Labute approximate surface area is 97.7 Å². The fraction of sp³-hybridized carbons (Fsp3) is 0.0833. The van der Waals surface area contributed by atoms with Crippen molar-refractivity contribution >= 4 is 17.4 Å². The lowest BCUT2D eigenvalue weighted by Crippen LogP contribution is -1.94. The van der Waals surface area contributed by atoms with Gasteiger partial charge in [0, 0.05) is 11.1 Å². The van der Waals surface area contributed by atoms with Crippen molar-refractivity contribution in [1.82, 2.24) is 4.98 Å². The summed E-state index contributed by atoms with van der Waals surface area (Å²) in [5.74, 6) is -0.241. The summed E-state index contributed by atoms with van der Waals surface area (Å²) in [6.07, 6.45) is 1.72. The number of nitrogens with zero attached hydrogens (tertiary/aromatic N) is 1. The van der Waals surface area contributed by atoms with Crippen LogP contribution in [0.15, 0.2) is 46.5 Å². The SMILES string of the molecule is Cc1ccnc(Sc2ccc(F)cc2)c1N. The van der Waals surface area contributed by atoms with Crippen LogP contribution in [0.2, 0.25) is 0 Å². The smallest absolute Gasteiger partial charge is 0.124 e. The van der Waals surface area contributed by atoms with Crippen molar-refractivity contribution < 1.29 is 4.39 Å². The molecule has 0 saturated heterocycles. The van der Waals surface area contributed by atoms with Crippen LogP contribution >= 0.6 is 11.8 Å². The van der Waals surface area contributed by atoms with Gasteiger partial charge in [0.1, 0.15) is 10.8 Å². The fourth-order valence-corrected chi connectivity index (χ4v) is 2.12. The molecule has 2 N–H and O–H groups in total. The zero-order valence-corrected chi connectivity index (χ0v) is 9.59. The number of anilines is 1. The highest BCUT2D eigenvalue weighted by Gasteiger charge is 2.05. The van der Waals surface area contributed by atoms with Gasteiger partial charge in [-0.1, -0.05) is 11.8 Å². The number of aryl methyl sites for hydroxylation is 1. The Morgan fingerprint density at radius 2 is 1.88 bits per heavy atom. The van der Waals surface area contributed by atoms with Crippen LogP contribution in [-0.4, -0.2) is 4.98 Å². The minimum absolute atomic E-state index is 0.241. The monoisotopic (exact) mass is 234 g/mol. The molecule has 2 aromatic rings. The molecule has 0 radical (unpaired) electrons. The zero-order valence-electron chi connectivity index (χ0n) is 8.77. The Bertz CT molecular complexity index is 497. The zero-order chi connectivity index (χ0) is 11.5. The van der Waals surface area contributed by atoms with E-state index in [2.05, 4.69) is 4.98 Å². The van der Waals surface area contributed by atoms with Crippen molar-refractivity contribution in [2.24, 2.45) is 0 Å². The van der Waals surface area contributed by atoms with Crippen LogP contribution in [0.25, 0.3) is 0 Å². The maximum Gasteiger partial charge on any atom is 0.124 e. The highest BCUT2D eigenvalue weighted by molar-refractivity contribution is 7.99. The van der Waals surface area contributed by atoms with Gasteiger partial charge in [0.25, 0.3) is 0 Å². The summed E-state index contributed by atoms with van der Waals surface area (Å²) in [7, 11) is 0. The van der Waals surface area contributed by atoms with Gasteiger partial charge >= 0.3 is 0 Å². The Morgan fingerprint density at radius 3 is 2.56 bits per heavy atom. The van der Waals surface area contributed by atoms with Crippen LogP contribution < -0.4 is 5.73 Å². The van der Waals surface area contributed by atoms with E-state index in [9.17, 15) is 4.39 Å². The van der Waals surface area contributed by atoms with Gasteiger partial charge in [-0.25, -0.2) is 9.37 Å². The number of halogens is 1. The van der Waals surface area contributed by atoms with Gasteiger partial charge in [0.05, 0.1) is 5.69 Å². The number of benzene rings is 1. The highest BCUT2D eigenvalue weighted by atomic mass is 32.2. The van der Waals surface area contributed by atoms with E-state index in [0.29, 0.717) is 5.69 Å². The normalized spacial score (nSPS) is 10.4. The van der Waals surface area contributed by atoms with E-state index in [1.165, 1.54) is 23.9 Å². The van der Waals surface area contributed by atoms with Gasteiger partial charge in [-0.3, -0.25) is 0 Å². The van der Waals surface area contributed by atoms with Crippen LogP contribution in [0, 0.1) is 12.7 Å². The van der Waals surface area contributed by atoms with Crippen LogP contribution in [0.3, 0.4) is 0 Å². The Morgan fingerprint density at radius 1 is 1.19 bits per heavy atom. The van der Waals surface area contributed by atoms with Gasteiger partial charge in [-0.05, 0) is 42.8 Å². The molecular weight excluding hydrogens is 223 g/mol. The standard InChI is InChI=1S/C12H11FN2S/c1-8-6-7-15-12(11(8)14)16-10-4-2-9(13)3-5-10/h2-7H,14H2,1H3. The molecule has 1 heterocycles. The second-order valence-electron chi connectivity index (χ2n) is 3.40. The molecule has 16 heavy (non-hydrogen) atoms. The maximum absolute atomic E-state index is 12.7. The molecule has 0 saturated carbocycles. The first-order valence-corrected chi connectivity index (χ1v) is 5.63. The number of aromatic nitrogens is 1. The van der Waals surface area contributed by atoms with Gasteiger partial charge < -0.3 is 5.73 Å². The molecule has 4 heteroatoms. The third kappa shape index (κ3) is 2.33. The summed E-state index contributed by atoms with van der Waals surface area (Å²) < 4.78 is 12.7. The molecule has 0 fully saturated rings. The second-order valence-corrected chi connectivity index (χ2v) is 4.46. The number of hydrogen-bond acceptors (Lipinski definition) is 3. The minimum Gasteiger partial charge on any atom is -0.396 e. The van der Waals surface area contributed by atoms with E-state index in [4.69, 9.17) is 5.73 Å². The first-order chi connectivity index (χ1) is 7.66. The van der Waals surface area contributed by atoms with Crippen molar-refractivity contribution in [3.8, 4) is 0 Å². The van der Waals surface area contributed by atoms with E-state index in [1.54, 1.807) is 18.3 Å². The molecule has 1 aromatic heterocycles. The fourth-order valence-electron chi connectivity index (χ4n) is 1.24. The molecule has 82 valence electrons. The molecule has 0 aliphatic carbocycles. The van der Waals surface area contributed by atoms with E-state index in [0.717, 1.165) is 15.5 Å². The van der Waals surface area contributed by atoms with E-state index < -0.39 is 0 Å². The summed E-state index contributed by atoms with van der Waals surface area (Å²) in [4.78, 5) is 5.12. The average Bonchev–Trinajstić information content (AvgIpc) is 2.28. The molecular formula is C12H11FN2S. The number of pyridine rings is 1. The molecule has 2 nitrogen and oxygen atoms in total. The molecule has 0 atom stereocenters. The number of nitrogen functional groups attached to an aromatic ring is 1. The topological polar surface area (TPSA) is 38.9 Å². The number of hydrogen-bond donors (Lipinski definition) is 1. The van der Waals surface area contributed by atoms with Crippen molar-refractivity contribution in [2.45, 2.75) is 16.8 Å².